The van der Waals surface area contributed by atoms with Gasteiger partial charge in [-0.2, -0.15) is 0 Å². The molecule has 10 nitrogen and oxygen atoms in total. The Balaban J connectivity index is 0.932. The molecule has 0 spiro atoms. The topological polar surface area (TPSA) is 76.8 Å². The molecular formula is C37H42Cl2N6O4S. The minimum atomic E-state index is -1.09. The summed E-state index contributed by atoms with van der Waals surface area (Å²) >= 11 is 14.5. The monoisotopic (exact) mass is 736 g/mol. The molecule has 3 aliphatic rings. The highest BCUT2D eigenvalue weighted by Gasteiger charge is 2.45. The quantitative estimate of drug-likeness (QED) is 0.158. The van der Waals surface area contributed by atoms with Gasteiger partial charge in [-0.05, 0) is 68.4 Å². The number of thioether (sulfide) groups is 1. The van der Waals surface area contributed by atoms with E-state index in [1.807, 2.05) is 29.0 Å². The Morgan fingerprint density at radius 2 is 1.78 bits per heavy atom. The van der Waals surface area contributed by atoms with E-state index >= 15 is 0 Å². The molecule has 0 radical (unpaired) electrons. The predicted octanol–water partition coefficient (Wildman–Crippen LogP) is 7.28. The Hall–Kier alpha value is -3.45. The van der Waals surface area contributed by atoms with Gasteiger partial charge in [-0.15, -0.1) is 0 Å². The summed E-state index contributed by atoms with van der Waals surface area (Å²) in [6.07, 6.45) is 5.02. The molecule has 3 aromatic carbocycles. The molecule has 3 aliphatic heterocycles. The van der Waals surface area contributed by atoms with Crippen molar-refractivity contribution >= 4 is 57.2 Å². The zero-order valence-electron chi connectivity index (χ0n) is 28.5. The van der Waals surface area contributed by atoms with E-state index in [2.05, 4.69) is 69.9 Å². The SMILES string of the molecule is COC1CN(C(C)C)C(=Nc2cccc(N3CCN(c4ccc(OCC5COC(Cn6ccnc6)(c6ccc(Cl)cc6Cl)O5)cc4)CC3)c2)S1. The Labute approximate surface area is 307 Å². The molecule has 3 unspecified atom stereocenters. The van der Waals surface area contributed by atoms with Gasteiger partial charge in [0.1, 0.15) is 23.9 Å². The second-order valence-electron chi connectivity index (χ2n) is 12.9. The first kappa shape index (κ1) is 35.0. The number of anilines is 2. The van der Waals surface area contributed by atoms with Crippen LogP contribution in [0.25, 0.3) is 0 Å². The van der Waals surface area contributed by atoms with Crippen molar-refractivity contribution in [2.24, 2.45) is 4.99 Å². The van der Waals surface area contributed by atoms with E-state index in [1.54, 1.807) is 43.5 Å². The Bertz CT molecular complexity index is 1770. The van der Waals surface area contributed by atoms with Gasteiger partial charge in [0, 0.05) is 73.7 Å². The number of hydrogen-bond donors (Lipinski definition) is 0. The van der Waals surface area contributed by atoms with Crippen molar-refractivity contribution < 1.29 is 18.9 Å². The van der Waals surface area contributed by atoms with E-state index in [1.165, 1.54) is 11.4 Å². The third kappa shape index (κ3) is 7.88. The number of piperazine rings is 1. The summed E-state index contributed by atoms with van der Waals surface area (Å²) < 4.78 is 26.5. The number of benzene rings is 3. The zero-order chi connectivity index (χ0) is 34.7. The molecule has 264 valence electrons. The normalized spacial score (nSPS) is 23.4. The van der Waals surface area contributed by atoms with Gasteiger partial charge >= 0.3 is 0 Å². The summed E-state index contributed by atoms with van der Waals surface area (Å²) in [4.78, 5) is 16.3. The summed E-state index contributed by atoms with van der Waals surface area (Å²) in [6.45, 7) is 10.0. The molecule has 4 aromatic rings. The number of halogens is 2. The molecule has 0 saturated carbocycles. The van der Waals surface area contributed by atoms with Crippen molar-refractivity contribution in [1.82, 2.24) is 14.5 Å². The van der Waals surface area contributed by atoms with Crippen molar-refractivity contribution in [2.75, 3.05) is 62.8 Å². The third-order valence-corrected chi connectivity index (χ3v) is 10.9. The lowest BCUT2D eigenvalue weighted by molar-refractivity contribution is -0.189. The standard InChI is InChI=1S/C37H42Cl2N6O4S/c1-26(2)45-21-35(46-3)50-36(45)41-28-5-4-6-30(20-28)44-17-15-43(16-18-44)29-8-10-31(11-9-29)47-22-32-23-48-37(49-32,24-42-14-13-40-25-42)33-12-7-27(38)19-34(33)39/h4-14,19-20,25-26,32,35H,15-18,21-24H2,1-3H3. The molecular weight excluding hydrogens is 695 g/mol. The van der Waals surface area contributed by atoms with Crippen LogP contribution in [0.1, 0.15) is 19.4 Å². The van der Waals surface area contributed by atoms with Crippen LogP contribution in [0, 0.1) is 0 Å². The number of nitrogens with zero attached hydrogens (tertiary/aromatic N) is 6. The number of hydrogen-bond acceptors (Lipinski definition) is 9. The molecule has 7 rings (SSSR count). The lowest BCUT2D eigenvalue weighted by Crippen LogP contribution is -2.46. The van der Waals surface area contributed by atoms with Crippen LogP contribution >= 0.6 is 35.0 Å². The number of imidazole rings is 1. The van der Waals surface area contributed by atoms with Crippen LogP contribution in [0.4, 0.5) is 17.1 Å². The van der Waals surface area contributed by atoms with Crippen LogP contribution in [0.5, 0.6) is 5.75 Å². The van der Waals surface area contributed by atoms with Gasteiger partial charge < -0.3 is 38.2 Å². The van der Waals surface area contributed by atoms with Crippen molar-refractivity contribution in [1.29, 1.82) is 0 Å². The molecule has 3 atom stereocenters. The summed E-state index contributed by atoms with van der Waals surface area (Å²) in [5.74, 6) is -0.311. The Kier molecular flexibility index (Phi) is 10.8. The van der Waals surface area contributed by atoms with E-state index in [-0.39, 0.29) is 11.5 Å². The van der Waals surface area contributed by atoms with Crippen molar-refractivity contribution in [3.8, 4) is 5.75 Å². The van der Waals surface area contributed by atoms with Gasteiger partial charge in [-0.1, -0.05) is 47.1 Å². The van der Waals surface area contributed by atoms with Gasteiger partial charge in [-0.25, -0.2) is 9.98 Å². The van der Waals surface area contributed by atoms with Gasteiger partial charge in [0.05, 0.1) is 36.7 Å². The molecule has 3 saturated heterocycles. The number of amidine groups is 1. The first-order valence-corrected chi connectivity index (χ1v) is 18.5. The summed E-state index contributed by atoms with van der Waals surface area (Å²) in [6, 6.07) is 22.5. The van der Waals surface area contributed by atoms with Gasteiger partial charge in [0.15, 0.2) is 5.17 Å². The first-order chi connectivity index (χ1) is 24.3. The van der Waals surface area contributed by atoms with Crippen LogP contribution in [0.2, 0.25) is 10.0 Å². The minimum absolute atomic E-state index is 0.115. The molecule has 0 N–H and O–H groups in total. The molecule has 4 heterocycles. The second-order valence-corrected chi connectivity index (χ2v) is 14.9. The van der Waals surface area contributed by atoms with Crippen LogP contribution in [-0.2, 0) is 26.5 Å². The average molecular weight is 738 g/mol. The fourth-order valence-corrected chi connectivity index (χ4v) is 8.21. The van der Waals surface area contributed by atoms with Crippen LogP contribution in [0.3, 0.4) is 0 Å². The largest absolute Gasteiger partial charge is 0.491 e. The number of aliphatic imine (C=N–C) groups is 1. The van der Waals surface area contributed by atoms with Crippen LogP contribution in [-0.4, -0.2) is 90.2 Å². The van der Waals surface area contributed by atoms with Gasteiger partial charge in [0.25, 0.3) is 0 Å². The van der Waals surface area contributed by atoms with Gasteiger partial charge in [-0.3, -0.25) is 0 Å². The molecule has 13 heteroatoms. The predicted molar refractivity (Wildman–Crippen MR) is 201 cm³/mol. The molecule has 0 aliphatic carbocycles. The zero-order valence-corrected chi connectivity index (χ0v) is 30.8. The fourth-order valence-electron chi connectivity index (χ4n) is 6.52. The van der Waals surface area contributed by atoms with Crippen molar-refractivity contribution in [3.63, 3.8) is 0 Å². The van der Waals surface area contributed by atoms with Crippen LogP contribution < -0.4 is 14.5 Å². The fraction of sp³-hybridized carbons (Fsp3) is 0.405. The average Bonchev–Trinajstić information content (AvgIpc) is 3.89. The molecule has 1 aromatic heterocycles. The molecule has 50 heavy (non-hydrogen) atoms. The van der Waals surface area contributed by atoms with Crippen molar-refractivity contribution in [3.05, 3.63) is 101 Å². The molecule has 0 bridgehead atoms. The third-order valence-electron chi connectivity index (χ3n) is 9.20. The maximum atomic E-state index is 6.62. The van der Waals surface area contributed by atoms with Gasteiger partial charge in [0.2, 0.25) is 5.79 Å². The number of ether oxygens (including phenoxy) is 4. The Morgan fingerprint density at radius 3 is 2.48 bits per heavy atom. The lowest BCUT2D eigenvalue weighted by atomic mass is 10.1. The lowest BCUT2D eigenvalue weighted by Gasteiger charge is -2.37. The van der Waals surface area contributed by atoms with E-state index in [9.17, 15) is 0 Å². The Morgan fingerprint density at radius 1 is 1.00 bits per heavy atom. The highest BCUT2D eigenvalue weighted by Crippen LogP contribution is 2.41. The number of methoxy groups -OCH3 is 1. The summed E-state index contributed by atoms with van der Waals surface area (Å²) in [5, 5.41) is 2.05. The first-order valence-electron chi connectivity index (χ1n) is 16.9. The van der Waals surface area contributed by atoms with Crippen LogP contribution in [0.15, 0.2) is 90.4 Å². The summed E-state index contributed by atoms with van der Waals surface area (Å²) in [7, 11) is 1.76. The van der Waals surface area contributed by atoms with E-state index in [4.69, 9.17) is 47.1 Å². The molecule has 0 amide bonds. The summed E-state index contributed by atoms with van der Waals surface area (Å²) in [5.41, 5.74) is 4.17. The maximum absolute atomic E-state index is 6.62. The van der Waals surface area contributed by atoms with E-state index < -0.39 is 5.79 Å². The van der Waals surface area contributed by atoms with E-state index in [0.717, 1.165) is 49.3 Å². The second kappa shape index (κ2) is 15.4. The number of aromatic nitrogens is 2. The van der Waals surface area contributed by atoms with E-state index in [0.29, 0.717) is 41.4 Å². The highest BCUT2D eigenvalue weighted by atomic mass is 35.5. The van der Waals surface area contributed by atoms with Crippen molar-refractivity contribution in [2.45, 2.75) is 43.8 Å². The highest BCUT2D eigenvalue weighted by molar-refractivity contribution is 8.14. The minimum Gasteiger partial charge on any atom is -0.491 e. The number of rotatable bonds is 11. The smallest absolute Gasteiger partial charge is 0.215 e. The molecule has 3 fully saturated rings. The maximum Gasteiger partial charge on any atom is 0.215 e.